The van der Waals surface area contributed by atoms with Gasteiger partial charge in [0.25, 0.3) is 0 Å². The number of hydrogen-bond acceptors (Lipinski definition) is 4. The fourth-order valence-electron chi connectivity index (χ4n) is 1.26. The normalized spacial score (nSPS) is 9.79. The zero-order chi connectivity index (χ0) is 14.1. The van der Waals surface area contributed by atoms with E-state index in [4.69, 9.17) is 4.74 Å². The quantitative estimate of drug-likeness (QED) is 0.514. The van der Waals surface area contributed by atoms with E-state index in [0.717, 1.165) is 9.26 Å². The van der Waals surface area contributed by atoms with E-state index < -0.39 is 11.9 Å². The molecule has 0 heterocycles. The smallest absolute Gasteiger partial charge is 0.321 e. The Kier molecular flexibility index (Phi) is 7.19. The molecule has 7 heteroatoms. The lowest BCUT2D eigenvalue weighted by atomic mass is 10.3. The van der Waals surface area contributed by atoms with E-state index in [1.54, 1.807) is 0 Å². The third kappa shape index (κ3) is 6.39. The number of imide groups is 1. The van der Waals surface area contributed by atoms with Crippen LogP contribution >= 0.6 is 22.6 Å². The predicted octanol–water partition coefficient (Wildman–Crippen LogP) is 1.18. The highest BCUT2D eigenvalue weighted by molar-refractivity contribution is 14.1. The summed E-state index contributed by atoms with van der Waals surface area (Å²) in [5, 5.41) is 7.68. The molecule has 6 nitrogen and oxygen atoms in total. The van der Waals surface area contributed by atoms with Gasteiger partial charge >= 0.3 is 6.03 Å². The molecule has 0 unspecified atom stereocenters. The number of rotatable bonds is 6. The van der Waals surface area contributed by atoms with E-state index in [1.165, 1.54) is 7.11 Å². The zero-order valence-electron chi connectivity index (χ0n) is 10.5. The Morgan fingerprint density at radius 2 is 2.05 bits per heavy atom. The number of halogens is 1. The minimum absolute atomic E-state index is 0.0394. The number of carbonyl (C=O) groups excluding carboxylic acids is 2. The summed E-state index contributed by atoms with van der Waals surface area (Å²) in [6.07, 6.45) is 0. The van der Waals surface area contributed by atoms with Crippen molar-refractivity contribution in [2.75, 3.05) is 32.1 Å². The number of ether oxygens (including phenoxy) is 1. The van der Waals surface area contributed by atoms with Crippen molar-refractivity contribution in [1.82, 2.24) is 10.6 Å². The van der Waals surface area contributed by atoms with Crippen LogP contribution in [0.4, 0.5) is 10.5 Å². The molecule has 0 radical (unpaired) electrons. The molecule has 1 rings (SSSR count). The van der Waals surface area contributed by atoms with Gasteiger partial charge in [-0.3, -0.25) is 10.1 Å². The van der Waals surface area contributed by atoms with Crippen molar-refractivity contribution in [3.8, 4) is 0 Å². The molecule has 0 fully saturated rings. The van der Waals surface area contributed by atoms with Gasteiger partial charge in [-0.05, 0) is 34.7 Å². The summed E-state index contributed by atoms with van der Waals surface area (Å²) < 4.78 is 5.79. The number of benzene rings is 1. The number of urea groups is 1. The van der Waals surface area contributed by atoms with Crippen molar-refractivity contribution in [3.05, 3.63) is 27.8 Å². The number of hydrogen-bond donors (Lipinski definition) is 3. The molecule has 0 saturated carbocycles. The topological polar surface area (TPSA) is 79.5 Å². The molecule has 0 bridgehead atoms. The lowest BCUT2D eigenvalue weighted by Gasteiger charge is -2.09. The maximum absolute atomic E-state index is 11.5. The molecule has 0 aliphatic rings. The van der Waals surface area contributed by atoms with Gasteiger partial charge in [-0.15, -0.1) is 0 Å². The van der Waals surface area contributed by atoms with Gasteiger partial charge in [0.15, 0.2) is 0 Å². The molecule has 0 spiro atoms. The van der Waals surface area contributed by atoms with Crippen molar-refractivity contribution < 1.29 is 14.3 Å². The minimum Gasteiger partial charge on any atom is -0.383 e. The molecule has 19 heavy (non-hydrogen) atoms. The van der Waals surface area contributed by atoms with Crippen LogP contribution in [0.25, 0.3) is 0 Å². The second-order valence-electron chi connectivity index (χ2n) is 3.63. The van der Waals surface area contributed by atoms with Gasteiger partial charge in [0, 0.05) is 22.9 Å². The second kappa shape index (κ2) is 8.70. The number of amides is 3. The molecule has 3 amide bonds. The van der Waals surface area contributed by atoms with E-state index in [-0.39, 0.29) is 6.54 Å². The van der Waals surface area contributed by atoms with E-state index in [1.807, 2.05) is 24.3 Å². The highest BCUT2D eigenvalue weighted by atomic mass is 127. The van der Waals surface area contributed by atoms with Crippen LogP contribution in [0.3, 0.4) is 0 Å². The van der Waals surface area contributed by atoms with Crippen molar-refractivity contribution in [3.63, 3.8) is 0 Å². The number of nitrogens with one attached hydrogen (secondary N) is 3. The van der Waals surface area contributed by atoms with Gasteiger partial charge in [0.05, 0.1) is 13.2 Å². The van der Waals surface area contributed by atoms with Crippen LogP contribution in [0.5, 0.6) is 0 Å². The largest absolute Gasteiger partial charge is 0.383 e. The SMILES string of the molecule is COCCNC(=O)NC(=O)CNc1ccccc1I. The van der Waals surface area contributed by atoms with Gasteiger partial charge in [-0.25, -0.2) is 4.79 Å². The second-order valence-corrected chi connectivity index (χ2v) is 4.79. The number of para-hydroxylation sites is 1. The van der Waals surface area contributed by atoms with E-state index in [0.29, 0.717) is 13.2 Å². The zero-order valence-corrected chi connectivity index (χ0v) is 12.7. The molecule has 0 aromatic heterocycles. The van der Waals surface area contributed by atoms with Crippen LogP contribution in [-0.2, 0) is 9.53 Å². The summed E-state index contributed by atoms with van der Waals surface area (Å²) in [7, 11) is 1.54. The summed E-state index contributed by atoms with van der Waals surface area (Å²) in [5.74, 6) is -0.394. The van der Waals surface area contributed by atoms with Crippen LogP contribution in [-0.4, -0.2) is 38.7 Å². The first kappa shape index (κ1) is 15.7. The van der Waals surface area contributed by atoms with Gasteiger partial charge in [-0.2, -0.15) is 0 Å². The summed E-state index contributed by atoms with van der Waals surface area (Å²) >= 11 is 2.17. The third-order valence-corrected chi connectivity index (χ3v) is 3.10. The highest BCUT2D eigenvalue weighted by Gasteiger charge is 2.07. The molecule has 0 atom stereocenters. The maximum Gasteiger partial charge on any atom is 0.321 e. The average Bonchev–Trinajstić information content (AvgIpc) is 2.38. The lowest BCUT2D eigenvalue weighted by Crippen LogP contribution is -2.43. The molecule has 1 aromatic carbocycles. The first-order valence-corrected chi connectivity index (χ1v) is 6.76. The van der Waals surface area contributed by atoms with E-state index >= 15 is 0 Å². The van der Waals surface area contributed by atoms with Crippen molar-refractivity contribution >= 4 is 40.2 Å². The van der Waals surface area contributed by atoms with Crippen molar-refractivity contribution in [2.45, 2.75) is 0 Å². The summed E-state index contributed by atoms with van der Waals surface area (Å²) in [6.45, 7) is 0.805. The Morgan fingerprint density at radius 3 is 2.74 bits per heavy atom. The van der Waals surface area contributed by atoms with Crippen molar-refractivity contribution in [1.29, 1.82) is 0 Å². The molecule has 104 valence electrons. The van der Waals surface area contributed by atoms with Gasteiger partial charge in [0.2, 0.25) is 5.91 Å². The molecular weight excluding hydrogens is 361 g/mol. The predicted molar refractivity (Wildman–Crippen MR) is 81.1 cm³/mol. The summed E-state index contributed by atoms with van der Waals surface area (Å²) in [4.78, 5) is 22.8. The third-order valence-electron chi connectivity index (χ3n) is 2.16. The van der Waals surface area contributed by atoms with Crippen molar-refractivity contribution in [2.24, 2.45) is 0 Å². The van der Waals surface area contributed by atoms with Crippen LogP contribution in [0, 0.1) is 3.57 Å². The number of carbonyl (C=O) groups is 2. The maximum atomic E-state index is 11.5. The Morgan fingerprint density at radius 1 is 1.32 bits per heavy atom. The molecular formula is C12H16IN3O3. The first-order chi connectivity index (χ1) is 9.13. The fraction of sp³-hybridized carbons (Fsp3) is 0.333. The van der Waals surface area contributed by atoms with Crippen LogP contribution in [0.15, 0.2) is 24.3 Å². The molecule has 1 aromatic rings. The van der Waals surface area contributed by atoms with Gasteiger partial charge in [0.1, 0.15) is 0 Å². The molecule has 3 N–H and O–H groups in total. The molecule has 0 saturated heterocycles. The molecule has 0 aliphatic carbocycles. The Hall–Kier alpha value is -1.35. The van der Waals surface area contributed by atoms with E-state index in [9.17, 15) is 9.59 Å². The summed E-state index contributed by atoms with van der Waals surface area (Å²) in [5.41, 5.74) is 0.859. The Balaban J connectivity index is 2.28. The van der Waals surface area contributed by atoms with Crippen LogP contribution in [0.1, 0.15) is 0 Å². The minimum atomic E-state index is -0.522. The van der Waals surface area contributed by atoms with E-state index in [2.05, 4.69) is 38.5 Å². The van der Waals surface area contributed by atoms with Crippen LogP contribution < -0.4 is 16.0 Å². The average molecular weight is 377 g/mol. The Bertz CT molecular complexity index is 440. The van der Waals surface area contributed by atoms with Gasteiger partial charge < -0.3 is 15.4 Å². The number of anilines is 1. The standard InChI is InChI=1S/C12H16IN3O3/c1-19-7-6-14-12(18)16-11(17)8-15-10-5-3-2-4-9(10)13/h2-5,15H,6-8H2,1H3,(H2,14,16,17,18). The fourth-order valence-corrected chi connectivity index (χ4v) is 1.84. The summed E-state index contributed by atoms with van der Waals surface area (Å²) in [6, 6.07) is 7.06. The monoisotopic (exact) mass is 377 g/mol. The first-order valence-electron chi connectivity index (χ1n) is 5.68. The lowest BCUT2D eigenvalue weighted by molar-refractivity contribution is -0.118. The Labute approximate surface area is 125 Å². The van der Waals surface area contributed by atoms with Gasteiger partial charge in [-0.1, -0.05) is 12.1 Å². The van der Waals surface area contributed by atoms with Crippen LogP contribution in [0.2, 0.25) is 0 Å². The highest BCUT2D eigenvalue weighted by Crippen LogP contribution is 2.16. The molecule has 0 aliphatic heterocycles. The number of methoxy groups -OCH3 is 1.